The lowest BCUT2D eigenvalue weighted by atomic mass is 9.94. The van der Waals surface area contributed by atoms with E-state index in [0.29, 0.717) is 5.56 Å². The molecule has 1 aromatic heterocycles. The minimum atomic E-state index is -0.0500. The highest BCUT2D eigenvalue weighted by molar-refractivity contribution is 5.92. The molecule has 0 saturated carbocycles. The van der Waals surface area contributed by atoms with Gasteiger partial charge in [0, 0.05) is 28.6 Å². The van der Waals surface area contributed by atoms with Crippen molar-refractivity contribution in [2.24, 2.45) is 5.92 Å². The van der Waals surface area contributed by atoms with Crippen LogP contribution in [-0.4, -0.2) is 4.98 Å². The van der Waals surface area contributed by atoms with Crippen LogP contribution in [0.2, 0.25) is 0 Å². The van der Waals surface area contributed by atoms with E-state index in [-0.39, 0.29) is 5.92 Å². The first-order valence-electron chi connectivity index (χ1n) is 5.44. The minimum absolute atomic E-state index is 0.0500. The Morgan fingerprint density at radius 3 is 2.94 bits per heavy atom. The van der Waals surface area contributed by atoms with Crippen molar-refractivity contribution in [1.82, 2.24) is 4.98 Å². The third-order valence-corrected chi connectivity index (χ3v) is 3.13. The molecule has 2 aromatic rings. The first-order chi connectivity index (χ1) is 8.31. The molecule has 0 saturated heterocycles. The summed E-state index contributed by atoms with van der Waals surface area (Å²) in [6.45, 7) is 0. The van der Waals surface area contributed by atoms with E-state index < -0.39 is 0 Å². The van der Waals surface area contributed by atoms with Crippen LogP contribution in [0, 0.1) is 28.6 Å². The van der Waals surface area contributed by atoms with Crippen LogP contribution in [-0.2, 0) is 6.42 Å². The van der Waals surface area contributed by atoms with Crippen LogP contribution in [0.4, 0.5) is 0 Å². The number of nitrogens with zero attached hydrogens (tertiary/aromatic N) is 2. The second-order valence-electron chi connectivity index (χ2n) is 4.19. The van der Waals surface area contributed by atoms with Crippen LogP contribution >= 0.6 is 0 Å². The van der Waals surface area contributed by atoms with E-state index in [1.165, 1.54) is 0 Å². The number of aromatic nitrogens is 1. The van der Waals surface area contributed by atoms with Crippen LogP contribution in [0.5, 0.6) is 0 Å². The van der Waals surface area contributed by atoms with Crippen LogP contribution in [0.1, 0.15) is 16.8 Å². The van der Waals surface area contributed by atoms with Crippen LogP contribution in [0.15, 0.2) is 24.3 Å². The van der Waals surface area contributed by atoms with Gasteiger partial charge < -0.3 is 4.98 Å². The predicted octanol–water partition coefficient (Wildman–Crippen LogP) is 2.75. The number of nitriles is 2. The predicted molar refractivity (Wildman–Crippen MR) is 64.9 cm³/mol. The van der Waals surface area contributed by atoms with Gasteiger partial charge >= 0.3 is 0 Å². The highest BCUT2D eigenvalue weighted by Gasteiger charge is 2.17. The molecule has 0 radical (unpaired) electrons. The van der Waals surface area contributed by atoms with Gasteiger partial charge in [0.05, 0.1) is 23.6 Å². The van der Waals surface area contributed by atoms with Crippen molar-refractivity contribution in [2.45, 2.75) is 6.42 Å². The van der Waals surface area contributed by atoms with E-state index >= 15 is 0 Å². The molecule has 1 aliphatic carbocycles. The second-order valence-corrected chi connectivity index (χ2v) is 4.19. The van der Waals surface area contributed by atoms with E-state index in [4.69, 9.17) is 10.5 Å². The van der Waals surface area contributed by atoms with Gasteiger partial charge in [-0.25, -0.2) is 0 Å². The molecule has 3 heteroatoms. The first kappa shape index (κ1) is 9.69. The number of hydrogen-bond acceptors (Lipinski definition) is 2. The van der Waals surface area contributed by atoms with Crippen LogP contribution in [0.25, 0.3) is 17.0 Å². The maximum Gasteiger partial charge on any atom is 0.0991 e. The fourth-order valence-electron chi connectivity index (χ4n) is 2.28. The fraction of sp³-hybridized carbons (Fsp3) is 0.143. The van der Waals surface area contributed by atoms with Crippen molar-refractivity contribution >= 4 is 17.0 Å². The number of rotatable bonds is 0. The molecule has 1 heterocycles. The summed E-state index contributed by atoms with van der Waals surface area (Å²) < 4.78 is 0. The van der Waals surface area contributed by atoms with E-state index in [9.17, 15) is 0 Å². The van der Waals surface area contributed by atoms with Crippen molar-refractivity contribution in [2.75, 3.05) is 0 Å². The van der Waals surface area contributed by atoms with Crippen molar-refractivity contribution in [3.63, 3.8) is 0 Å². The number of aromatic amines is 1. The van der Waals surface area contributed by atoms with Gasteiger partial charge in [-0.15, -0.1) is 0 Å². The summed E-state index contributed by atoms with van der Waals surface area (Å²) in [4.78, 5) is 3.32. The van der Waals surface area contributed by atoms with E-state index in [2.05, 4.69) is 17.1 Å². The number of nitrogens with one attached hydrogen (secondary N) is 1. The highest BCUT2D eigenvalue weighted by atomic mass is 14.7. The largest absolute Gasteiger partial charge is 0.358 e. The lowest BCUT2D eigenvalue weighted by Gasteiger charge is -2.09. The average molecular weight is 219 g/mol. The van der Waals surface area contributed by atoms with Crippen LogP contribution in [0.3, 0.4) is 0 Å². The third kappa shape index (κ3) is 1.41. The standard InChI is InChI=1S/C14H9N3/c15-7-9-2-4-13-12(5-9)11-3-1-10(8-16)6-14(11)17-13/h1-5,10,17H,6H2. The SMILES string of the molecule is N#Cc1ccc2[nH]c3c(c2c1)C=CC(C#N)C3. The van der Waals surface area contributed by atoms with Gasteiger partial charge in [0.1, 0.15) is 0 Å². The van der Waals surface area contributed by atoms with E-state index in [0.717, 1.165) is 28.6 Å². The van der Waals surface area contributed by atoms with Gasteiger partial charge in [0.15, 0.2) is 0 Å². The summed E-state index contributed by atoms with van der Waals surface area (Å²) in [7, 11) is 0. The quantitative estimate of drug-likeness (QED) is 0.740. The first-order valence-corrected chi connectivity index (χ1v) is 5.44. The molecule has 80 valence electrons. The summed E-state index contributed by atoms with van der Waals surface area (Å²) in [5.41, 5.74) is 3.89. The second kappa shape index (κ2) is 3.50. The summed E-state index contributed by atoms with van der Waals surface area (Å²) in [5, 5.41) is 18.9. The summed E-state index contributed by atoms with van der Waals surface area (Å²) in [6, 6.07) is 10.0. The van der Waals surface area contributed by atoms with Gasteiger partial charge in [-0.1, -0.05) is 12.2 Å². The topological polar surface area (TPSA) is 63.4 Å². The Bertz CT molecular complexity index is 707. The number of fused-ring (bicyclic) bond motifs is 3. The molecule has 0 spiro atoms. The van der Waals surface area contributed by atoms with Crippen molar-refractivity contribution in [3.8, 4) is 12.1 Å². The molecule has 0 amide bonds. The molecule has 1 N–H and O–H groups in total. The zero-order valence-electron chi connectivity index (χ0n) is 9.07. The number of benzene rings is 1. The molecular weight excluding hydrogens is 210 g/mol. The fourth-order valence-corrected chi connectivity index (χ4v) is 2.28. The Kier molecular flexibility index (Phi) is 2.00. The van der Waals surface area contributed by atoms with Gasteiger partial charge in [-0.05, 0) is 18.2 Å². The van der Waals surface area contributed by atoms with Crippen LogP contribution < -0.4 is 0 Å². The molecule has 3 nitrogen and oxygen atoms in total. The molecule has 17 heavy (non-hydrogen) atoms. The maximum atomic E-state index is 8.92. The lowest BCUT2D eigenvalue weighted by Crippen LogP contribution is -2.03. The molecule has 1 aliphatic rings. The molecule has 0 aliphatic heterocycles. The normalized spacial score (nSPS) is 17.4. The van der Waals surface area contributed by atoms with Gasteiger partial charge in [0.2, 0.25) is 0 Å². The summed E-state index contributed by atoms with van der Waals surface area (Å²) in [5.74, 6) is -0.0500. The lowest BCUT2D eigenvalue weighted by molar-refractivity contribution is 0.793. The smallest absolute Gasteiger partial charge is 0.0991 e. The maximum absolute atomic E-state index is 8.92. The average Bonchev–Trinajstić information content (AvgIpc) is 2.74. The molecule has 3 rings (SSSR count). The Morgan fingerprint density at radius 2 is 2.18 bits per heavy atom. The monoisotopic (exact) mass is 219 g/mol. The van der Waals surface area contributed by atoms with Gasteiger partial charge in [-0.3, -0.25) is 0 Å². The van der Waals surface area contributed by atoms with Gasteiger partial charge in [-0.2, -0.15) is 10.5 Å². The summed E-state index contributed by atoms with van der Waals surface area (Å²) >= 11 is 0. The molecule has 1 atom stereocenters. The highest BCUT2D eigenvalue weighted by Crippen LogP contribution is 2.30. The van der Waals surface area contributed by atoms with Crippen molar-refractivity contribution < 1.29 is 0 Å². The Labute approximate surface area is 98.6 Å². The Morgan fingerprint density at radius 1 is 1.29 bits per heavy atom. The minimum Gasteiger partial charge on any atom is -0.358 e. The van der Waals surface area contributed by atoms with E-state index in [1.54, 1.807) is 6.07 Å². The van der Waals surface area contributed by atoms with Crippen molar-refractivity contribution in [1.29, 1.82) is 10.5 Å². The van der Waals surface area contributed by atoms with Crippen molar-refractivity contribution in [3.05, 3.63) is 41.1 Å². The molecule has 1 unspecified atom stereocenters. The number of H-pyrrole nitrogens is 1. The molecule has 0 fully saturated rings. The third-order valence-electron chi connectivity index (χ3n) is 3.13. The summed E-state index contributed by atoms with van der Waals surface area (Å²) in [6.07, 6.45) is 4.63. The molecule has 1 aromatic carbocycles. The number of allylic oxidation sites excluding steroid dienone is 1. The molecular formula is C14H9N3. The molecule has 0 bridgehead atoms. The van der Waals surface area contributed by atoms with E-state index in [1.807, 2.05) is 24.3 Å². The zero-order chi connectivity index (χ0) is 11.8. The zero-order valence-corrected chi connectivity index (χ0v) is 9.07. The number of hydrogen-bond donors (Lipinski definition) is 1. The van der Waals surface area contributed by atoms with Gasteiger partial charge in [0.25, 0.3) is 0 Å². The Hall–Kier alpha value is -2.52. The Balaban J connectivity index is 2.23.